The Morgan fingerprint density at radius 1 is 0.974 bits per heavy atom. The molecule has 1 aliphatic heterocycles. The Kier molecular flexibility index (Phi) is 14.4. The number of aliphatic hydroxyl groups excluding tert-OH is 1. The molecule has 10 heteroatoms. The van der Waals surface area contributed by atoms with Crippen molar-refractivity contribution in [2.24, 2.45) is 5.92 Å². The molecular formula is C28H45NO9. The summed E-state index contributed by atoms with van der Waals surface area (Å²) in [5, 5.41) is 8.78. The van der Waals surface area contributed by atoms with Crippen LogP contribution in [0.5, 0.6) is 0 Å². The maximum absolute atomic E-state index is 13.4. The number of aliphatic hydroxyl groups is 1. The number of imide groups is 1. The zero-order valence-electron chi connectivity index (χ0n) is 23.7. The van der Waals surface area contributed by atoms with Crippen molar-refractivity contribution < 1.29 is 43.3 Å². The predicted molar refractivity (Wildman–Crippen MR) is 140 cm³/mol. The van der Waals surface area contributed by atoms with Crippen LogP contribution in [-0.2, 0) is 33.4 Å². The number of carbonyl (C=O) groups excluding carboxylic acids is 5. The number of ether oxygens (including phenoxy) is 3. The van der Waals surface area contributed by atoms with Crippen LogP contribution in [0.25, 0.3) is 0 Å². The molecule has 0 spiro atoms. The first-order chi connectivity index (χ1) is 17.9. The number of ketones is 2. The molecule has 3 atom stereocenters. The van der Waals surface area contributed by atoms with Gasteiger partial charge in [0, 0.05) is 27.1 Å². The first kappa shape index (κ1) is 33.4. The van der Waals surface area contributed by atoms with Crippen molar-refractivity contribution in [3.8, 4) is 0 Å². The summed E-state index contributed by atoms with van der Waals surface area (Å²) >= 11 is 0. The minimum Gasteiger partial charge on any atom is -0.451 e. The minimum absolute atomic E-state index is 0.162. The minimum atomic E-state index is -1.68. The quantitative estimate of drug-likeness (QED) is 0.156. The molecule has 1 rings (SSSR count). The molecule has 0 saturated carbocycles. The van der Waals surface area contributed by atoms with Crippen molar-refractivity contribution in [1.29, 1.82) is 0 Å². The maximum Gasteiger partial charge on any atom is 0.417 e. The van der Waals surface area contributed by atoms with Crippen molar-refractivity contribution >= 4 is 29.5 Å². The van der Waals surface area contributed by atoms with Crippen LogP contribution in [0.3, 0.4) is 0 Å². The van der Waals surface area contributed by atoms with E-state index in [-0.39, 0.29) is 24.7 Å². The van der Waals surface area contributed by atoms with E-state index >= 15 is 0 Å². The molecule has 0 aromatic rings. The highest BCUT2D eigenvalue weighted by Crippen LogP contribution is 2.35. The van der Waals surface area contributed by atoms with Crippen molar-refractivity contribution in [3.05, 3.63) is 12.2 Å². The third-order valence-corrected chi connectivity index (χ3v) is 6.52. The Labute approximate surface area is 226 Å². The van der Waals surface area contributed by atoms with E-state index in [9.17, 15) is 24.0 Å². The fourth-order valence-corrected chi connectivity index (χ4v) is 4.85. The summed E-state index contributed by atoms with van der Waals surface area (Å²) in [4.78, 5) is 63.9. The van der Waals surface area contributed by atoms with Crippen LogP contribution < -0.4 is 0 Å². The van der Waals surface area contributed by atoms with E-state index in [0.717, 1.165) is 68.9 Å². The lowest BCUT2D eigenvalue weighted by molar-refractivity contribution is -0.166. The second kappa shape index (κ2) is 16.4. The van der Waals surface area contributed by atoms with Gasteiger partial charge in [0.2, 0.25) is 0 Å². The Balaban J connectivity index is 2.80. The van der Waals surface area contributed by atoms with Gasteiger partial charge in [-0.1, -0.05) is 52.4 Å². The highest BCUT2D eigenvalue weighted by Gasteiger charge is 2.54. The number of methoxy groups -OCH3 is 1. The average molecular weight is 540 g/mol. The maximum atomic E-state index is 13.4. The van der Waals surface area contributed by atoms with Gasteiger partial charge in [-0.3, -0.25) is 19.2 Å². The molecule has 10 nitrogen and oxygen atoms in total. The van der Waals surface area contributed by atoms with Crippen molar-refractivity contribution in [2.45, 2.75) is 116 Å². The van der Waals surface area contributed by atoms with Crippen molar-refractivity contribution in [2.75, 3.05) is 13.7 Å². The number of amides is 2. The number of rotatable bonds is 18. The molecule has 0 unspecified atom stereocenters. The van der Waals surface area contributed by atoms with Crippen LogP contribution >= 0.6 is 0 Å². The Hall–Kier alpha value is -2.59. The topological polar surface area (TPSA) is 137 Å². The molecule has 0 aliphatic carbocycles. The Morgan fingerprint density at radius 2 is 1.53 bits per heavy atom. The smallest absolute Gasteiger partial charge is 0.417 e. The number of nitrogens with zero attached hydrogens (tertiary/aromatic N) is 1. The summed E-state index contributed by atoms with van der Waals surface area (Å²) in [5.74, 6) is -2.90. The predicted octanol–water partition coefficient (Wildman–Crippen LogP) is 3.91. The summed E-state index contributed by atoms with van der Waals surface area (Å²) in [5.41, 5.74) is -0.966. The highest BCUT2D eigenvalue weighted by atomic mass is 16.6. The van der Waals surface area contributed by atoms with Gasteiger partial charge in [0.15, 0.2) is 23.8 Å². The largest absolute Gasteiger partial charge is 0.451 e. The van der Waals surface area contributed by atoms with E-state index in [0.29, 0.717) is 6.42 Å². The number of hydrogen-bond acceptors (Lipinski definition) is 9. The van der Waals surface area contributed by atoms with Gasteiger partial charge in [0.05, 0.1) is 6.04 Å². The number of allylic oxidation sites excluding steroid dienone is 1. The van der Waals surface area contributed by atoms with Crippen LogP contribution in [0.15, 0.2) is 12.2 Å². The van der Waals surface area contributed by atoms with Gasteiger partial charge in [-0.25, -0.2) is 9.69 Å². The lowest BCUT2D eigenvalue weighted by Crippen LogP contribution is -2.55. The van der Waals surface area contributed by atoms with Crippen molar-refractivity contribution in [1.82, 2.24) is 4.90 Å². The third kappa shape index (κ3) is 10.3. The first-order valence-electron chi connectivity index (χ1n) is 13.5. The zero-order chi connectivity index (χ0) is 28.9. The van der Waals surface area contributed by atoms with Gasteiger partial charge >= 0.3 is 12.1 Å². The fraction of sp³-hybridized carbons (Fsp3) is 0.750. The lowest BCUT2D eigenvalue weighted by Gasteiger charge is -2.33. The molecule has 2 amide bonds. The van der Waals surface area contributed by atoms with Gasteiger partial charge < -0.3 is 19.3 Å². The molecule has 1 aliphatic rings. The van der Waals surface area contributed by atoms with E-state index in [4.69, 9.17) is 19.3 Å². The zero-order valence-corrected chi connectivity index (χ0v) is 23.7. The standard InChI is InChI=1S/C28H45NO9/c1-19(2)25-28(4,5)38-27(35)29(25)26(34)24(36-6)23(37-20(3)31)22(33)17-16-21(32)15-13-11-9-7-8-10-12-14-18-30/h16-17,19,23-25,30H,7-15,18H2,1-6H3/t23-,24+,25+/m0/s1. The van der Waals surface area contributed by atoms with Gasteiger partial charge in [0.25, 0.3) is 5.91 Å². The molecule has 38 heavy (non-hydrogen) atoms. The highest BCUT2D eigenvalue weighted by molar-refractivity contribution is 6.05. The van der Waals surface area contributed by atoms with E-state index in [1.807, 2.05) is 13.8 Å². The fourth-order valence-electron chi connectivity index (χ4n) is 4.85. The molecule has 1 N–H and O–H groups in total. The normalized spacial score (nSPS) is 18.5. The monoisotopic (exact) mass is 539 g/mol. The lowest BCUT2D eigenvalue weighted by atomic mass is 9.88. The summed E-state index contributed by atoms with van der Waals surface area (Å²) < 4.78 is 15.8. The summed E-state index contributed by atoms with van der Waals surface area (Å²) in [6.45, 7) is 8.35. The van der Waals surface area contributed by atoms with E-state index in [1.54, 1.807) is 13.8 Å². The molecular weight excluding hydrogens is 494 g/mol. The van der Waals surface area contributed by atoms with Gasteiger partial charge in [-0.2, -0.15) is 0 Å². The van der Waals surface area contributed by atoms with Crippen LogP contribution in [-0.4, -0.2) is 77.1 Å². The summed E-state index contributed by atoms with van der Waals surface area (Å²) in [7, 11) is 1.17. The Morgan fingerprint density at radius 3 is 2.03 bits per heavy atom. The van der Waals surface area contributed by atoms with Crippen LogP contribution in [0.1, 0.15) is 92.4 Å². The molecule has 0 bridgehead atoms. The molecule has 1 fully saturated rings. The van der Waals surface area contributed by atoms with Gasteiger partial charge in [-0.05, 0) is 44.8 Å². The third-order valence-electron chi connectivity index (χ3n) is 6.52. The first-order valence-corrected chi connectivity index (χ1v) is 13.5. The van der Waals surface area contributed by atoms with Gasteiger partial charge in [0.1, 0.15) is 5.60 Å². The molecule has 0 aromatic heterocycles. The average Bonchev–Trinajstić information content (AvgIpc) is 3.08. The molecule has 216 valence electrons. The number of hydrogen-bond donors (Lipinski definition) is 1. The molecule has 1 saturated heterocycles. The van der Waals surface area contributed by atoms with E-state index < -0.39 is 47.6 Å². The number of esters is 1. The SMILES string of the molecule is CO[C@@H](C(=O)N1C(=O)OC(C)(C)[C@H]1C(C)C)[C@@H](OC(C)=O)C(=O)C=CC(=O)CCCCCCCCCCO. The van der Waals surface area contributed by atoms with Crippen LogP contribution in [0, 0.1) is 5.92 Å². The number of cyclic esters (lactones) is 1. The Bertz CT molecular complexity index is 849. The molecule has 0 radical (unpaired) electrons. The molecule has 0 aromatic carbocycles. The van der Waals surface area contributed by atoms with E-state index in [2.05, 4.69) is 0 Å². The van der Waals surface area contributed by atoms with Crippen LogP contribution in [0.2, 0.25) is 0 Å². The summed E-state index contributed by atoms with van der Waals surface area (Å²) in [6.07, 6.45) is 5.93. The van der Waals surface area contributed by atoms with Crippen LogP contribution in [0.4, 0.5) is 4.79 Å². The molecule has 1 heterocycles. The van der Waals surface area contributed by atoms with Crippen molar-refractivity contribution in [3.63, 3.8) is 0 Å². The second-order valence-electron chi connectivity index (χ2n) is 10.6. The van der Waals surface area contributed by atoms with Gasteiger partial charge in [-0.15, -0.1) is 0 Å². The number of unbranched alkanes of at least 4 members (excludes halogenated alkanes) is 7. The second-order valence-corrected chi connectivity index (χ2v) is 10.6. The summed E-state index contributed by atoms with van der Waals surface area (Å²) in [6, 6.07) is -0.633. The number of carbonyl (C=O) groups is 5. The van der Waals surface area contributed by atoms with E-state index in [1.165, 1.54) is 7.11 Å².